The first kappa shape index (κ1) is 12.4. The average Bonchev–Trinajstić information content (AvgIpc) is 2.81. The van der Waals surface area contributed by atoms with Crippen LogP contribution in [0.25, 0.3) is 6.08 Å². The number of amidine groups is 1. The Morgan fingerprint density at radius 1 is 1.05 bits per heavy atom. The zero-order valence-corrected chi connectivity index (χ0v) is 11.1. The lowest BCUT2D eigenvalue weighted by Gasteiger charge is -2.00. The van der Waals surface area contributed by atoms with Crippen molar-refractivity contribution in [3.8, 4) is 0 Å². The molecule has 0 bridgehead atoms. The van der Waals surface area contributed by atoms with Gasteiger partial charge in [0.2, 0.25) is 0 Å². The maximum atomic E-state index is 12.0. The van der Waals surface area contributed by atoms with E-state index in [1.54, 1.807) is 6.08 Å². The number of nitrogens with one attached hydrogen (secondary N) is 1. The smallest absolute Gasteiger partial charge is 0.275 e. The highest BCUT2D eigenvalue weighted by atomic mass is 16.2. The number of hydrogen-bond donors (Lipinski definition) is 1. The van der Waals surface area contributed by atoms with Gasteiger partial charge in [-0.1, -0.05) is 54.1 Å². The summed E-state index contributed by atoms with van der Waals surface area (Å²) < 4.78 is 0. The van der Waals surface area contributed by atoms with E-state index in [4.69, 9.17) is 0 Å². The summed E-state index contributed by atoms with van der Waals surface area (Å²) in [6.45, 7) is 2.02. The molecular weight excluding hydrogens is 248 g/mol. The van der Waals surface area contributed by atoms with Crippen molar-refractivity contribution in [2.24, 2.45) is 4.99 Å². The minimum atomic E-state index is -0.162. The highest BCUT2D eigenvalue weighted by molar-refractivity contribution is 6.19. The number of carbonyl (C=O) groups excluding carboxylic acids is 1. The molecule has 1 aliphatic rings. The second-order valence-electron chi connectivity index (χ2n) is 4.72. The van der Waals surface area contributed by atoms with Gasteiger partial charge in [0.15, 0.2) is 0 Å². The number of nitrogens with zero attached hydrogens (tertiary/aromatic N) is 1. The quantitative estimate of drug-likeness (QED) is 0.831. The van der Waals surface area contributed by atoms with Crippen LogP contribution < -0.4 is 5.32 Å². The third kappa shape index (κ3) is 2.52. The molecule has 3 nitrogen and oxygen atoms in total. The molecule has 0 aromatic heterocycles. The molecule has 0 unspecified atom stereocenters. The highest BCUT2D eigenvalue weighted by Gasteiger charge is 2.20. The normalized spacial score (nSPS) is 16.1. The van der Waals surface area contributed by atoms with E-state index >= 15 is 0 Å². The first-order valence-corrected chi connectivity index (χ1v) is 6.46. The number of benzene rings is 2. The lowest BCUT2D eigenvalue weighted by molar-refractivity contribution is -0.115. The van der Waals surface area contributed by atoms with Crippen LogP contribution in [-0.4, -0.2) is 11.7 Å². The zero-order valence-electron chi connectivity index (χ0n) is 11.1. The van der Waals surface area contributed by atoms with Crippen LogP contribution >= 0.6 is 0 Å². The Morgan fingerprint density at radius 2 is 1.85 bits per heavy atom. The minimum Gasteiger partial charge on any atom is -0.305 e. The van der Waals surface area contributed by atoms with Gasteiger partial charge in [0, 0.05) is 5.56 Å². The van der Waals surface area contributed by atoms with Crippen LogP contribution in [0.5, 0.6) is 0 Å². The summed E-state index contributed by atoms with van der Waals surface area (Å²) in [5, 5.41) is 2.81. The predicted octanol–water partition coefficient (Wildman–Crippen LogP) is 2.91. The molecule has 1 amide bonds. The van der Waals surface area contributed by atoms with Crippen LogP contribution in [0.1, 0.15) is 16.7 Å². The van der Waals surface area contributed by atoms with Crippen LogP contribution in [-0.2, 0) is 4.79 Å². The fourth-order valence-corrected chi connectivity index (χ4v) is 2.10. The third-order valence-electron chi connectivity index (χ3n) is 3.09. The van der Waals surface area contributed by atoms with Crippen molar-refractivity contribution in [1.29, 1.82) is 0 Å². The summed E-state index contributed by atoms with van der Waals surface area (Å²) in [7, 11) is 0. The zero-order chi connectivity index (χ0) is 13.9. The van der Waals surface area contributed by atoms with Crippen molar-refractivity contribution < 1.29 is 4.79 Å². The molecule has 98 valence electrons. The van der Waals surface area contributed by atoms with Crippen molar-refractivity contribution in [2.75, 3.05) is 0 Å². The van der Waals surface area contributed by atoms with Gasteiger partial charge in [-0.2, -0.15) is 0 Å². The lowest BCUT2D eigenvalue weighted by atomic mass is 10.1. The molecule has 0 radical (unpaired) electrons. The Kier molecular flexibility index (Phi) is 3.17. The van der Waals surface area contributed by atoms with Gasteiger partial charge in [-0.3, -0.25) is 4.79 Å². The van der Waals surface area contributed by atoms with Gasteiger partial charge in [0.1, 0.15) is 11.5 Å². The Hall–Kier alpha value is -2.68. The Bertz CT molecular complexity index is 715. The Morgan fingerprint density at radius 3 is 2.60 bits per heavy atom. The molecule has 1 aliphatic heterocycles. The number of hydrogen-bond acceptors (Lipinski definition) is 2. The first-order valence-electron chi connectivity index (χ1n) is 6.46. The molecule has 0 saturated heterocycles. The van der Waals surface area contributed by atoms with Crippen molar-refractivity contribution in [3.05, 3.63) is 77.0 Å². The van der Waals surface area contributed by atoms with E-state index in [2.05, 4.69) is 10.3 Å². The SMILES string of the molecule is Cc1cccc(C2=N/C(=C/c3ccccc3)C(=O)N2)c1. The van der Waals surface area contributed by atoms with E-state index in [0.29, 0.717) is 11.5 Å². The monoisotopic (exact) mass is 262 g/mol. The number of aryl methyl sites for hydroxylation is 1. The average molecular weight is 262 g/mol. The number of carbonyl (C=O) groups is 1. The Balaban J connectivity index is 1.95. The second kappa shape index (κ2) is 5.13. The first-order chi connectivity index (χ1) is 9.72. The van der Waals surface area contributed by atoms with Crippen LogP contribution in [0, 0.1) is 6.92 Å². The predicted molar refractivity (Wildman–Crippen MR) is 80.3 cm³/mol. The van der Waals surface area contributed by atoms with E-state index in [1.165, 1.54) is 0 Å². The standard InChI is InChI=1S/C17H14N2O/c1-12-6-5-9-14(10-12)16-18-15(17(20)19-16)11-13-7-3-2-4-8-13/h2-11H,1H3,(H,18,19,20)/b15-11+. The molecule has 1 heterocycles. The summed E-state index contributed by atoms with van der Waals surface area (Å²) in [5.74, 6) is 0.450. The summed E-state index contributed by atoms with van der Waals surface area (Å²) >= 11 is 0. The van der Waals surface area contributed by atoms with Crippen LogP contribution in [0.3, 0.4) is 0 Å². The molecule has 1 N–H and O–H groups in total. The maximum Gasteiger partial charge on any atom is 0.275 e. The molecule has 0 aliphatic carbocycles. The topological polar surface area (TPSA) is 41.5 Å². The van der Waals surface area contributed by atoms with Gasteiger partial charge in [-0.25, -0.2) is 4.99 Å². The molecule has 3 heteroatoms. The summed E-state index contributed by atoms with van der Waals surface area (Å²) in [6, 6.07) is 17.6. The molecule has 3 rings (SSSR count). The van der Waals surface area contributed by atoms with E-state index in [0.717, 1.165) is 16.7 Å². The van der Waals surface area contributed by atoms with Crippen LogP contribution in [0.15, 0.2) is 65.3 Å². The molecule has 0 saturated carbocycles. The minimum absolute atomic E-state index is 0.162. The number of rotatable bonds is 2. The van der Waals surface area contributed by atoms with Gasteiger partial charge in [-0.15, -0.1) is 0 Å². The van der Waals surface area contributed by atoms with Gasteiger partial charge in [0.05, 0.1) is 0 Å². The molecular formula is C17H14N2O. The number of aliphatic imine (C=N–C) groups is 1. The summed E-state index contributed by atoms with van der Waals surface area (Å²) in [6.07, 6.45) is 1.79. The molecule has 0 atom stereocenters. The van der Waals surface area contributed by atoms with Crippen LogP contribution in [0.2, 0.25) is 0 Å². The van der Waals surface area contributed by atoms with Crippen molar-refractivity contribution in [2.45, 2.75) is 6.92 Å². The summed E-state index contributed by atoms with van der Waals surface area (Å²) in [5.41, 5.74) is 3.47. The molecule has 2 aromatic carbocycles. The van der Waals surface area contributed by atoms with E-state index in [-0.39, 0.29) is 5.91 Å². The van der Waals surface area contributed by atoms with Crippen molar-refractivity contribution in [1.82, 2.24) is 5.32 Å². The lowest BCUT2D eigenvalue weighted by Crippen LogP contribution is -2.24. The molecule has 0 spiro atoms. The van der Waals surface area contributed by atoms with E-state index in [9.17, 15) is 4.79 Å². The summed E-state index contributed by atoms with van der Waals surface area (Å²) in [4.78, 5) is 16.3. The van der Waals surface area contributed by atoms with Crippen molar-refractivity contribution in [3.63, 3.8) is 0 Å². The van der Waals surface area contributed by atoms with Crippen molar-refractivity contribution >= 4 is 17.8 Å². The highest BCUT2D eigenvalue weighted by Crippen LogP contribution is 2.15. The Labute approximate surface area is 117 Å². The van der Waals surface area contributed by atoms with E-state index < -0.39 is 0 Å². The van der Waals surface area contributed by atoms with Crippen LogP contribution in [0.4, 0.5) is 0 Å². The van der Waals surface area contributed by atoms with Gasteiger partial charge in [0.25, 0.3) is 5.91 Å². The fourth-order valence-electron chi connectivity index (χ4n) is 2.10. The van der Waals surface area contributed by atoms with E-state index in [1.807, 2.05) is 61.5 Å². The van der Waals surface area contributed by atoms with Gasteiger partial charge < -0.3 is 5.32 Å². The molecule has 0 fully saturated rings. The number of amides is 1. The molecule has 20 heavy (non-hydrogen) atoms. The van der Waals surface area contributed by atoms with Gasteiger partial charge >= 0.3 is 0 Å². The van der Waals surface area contributed by atoms with Gasteiger partial charge in [-0.05, 0) is 24.6 Å². The maximum absolute atomic E-state index is 12.0. The largest absolute Gasteiger partial charge is 0.305 e. The molecule has 2 aromatic rings. The third-order valence-corrected chi connectivity index (χ3v) is 3.09. The fraction of sp³-hybridized carbons (Fsp3) is 0.0588. The second-order valence-corrected chi connectivity index (χ2v) is 4.72.